The summed E-state index contributed by atoms with van der Waals surface area (Å²) in [4.78, 5) is 0. The lowest BCUT2D eigenvalue weighted by molar-refractivity contribution is 0.462. The quantitative estimate of drug-likeness (QED) is 0.605. The second kappa shape index (κ2) is 7.73. The maximum atomic E-state index is 11.0. The van der Waals surface area contributed by atoms with Gasteiger partial charge in [0, 0.05) is 11.1 Å². The fourth-order valence-electron chi connectivity index (χ4n) is 3.94. The zero-order chi connectivity index (χ0) is 19.8. The van der Waals surface area contributed by atoms with E-state index in [1.807, 2.05) is 27.7 Å². The van der Waals surface area contributed by atoms with Gasteiger partial charge in [0.15, 0.2) is 0 Å². The molecule has 0 aliphatic heterocycles. The Morgan fingerprint density at radius 2 is 1.00 bits per heavy atom. The largest absolute Gasteiger partial charge is 0.507 e. The molecule has 0 bridgehead atoms. The molecule has 0 saturated carbocycles. The summed E-state index contributed by atoms with van der Waals surface area (Å²) in [6, 6.07) is 4.35. The van der Waals surface area contributed by atoms with Crippen LogP contribution in [-0.4, -0.2) is 10.2 Å². The van der Waals surface area contributed by atoms with Gasteiger partial charge in [-0.15, -0.1) is 0 Å². The first-order valence-electron chi connectivity index (χ1n) is 9.81. The molecule has 2 aromatic carbocycles. The molecule has 0 heterocycles. The molecule has 2 unspecified atom stereocenters. The summed E-state index contributed by atoms with van der Waals surface area (Å²) in [6.45, 7) is 16.7. The third kappa shape index (κ3) is 3.34. The lowest BCUT2D eigenvalue weighted by Crippen LogP contribution is -2.02. The van der Waals surface area contributed by atoms with Crippen LogP contribution in [0, 0.1) is 27.7 Å². The van der Waals surface area contributed by atoms with Gasteiger partial charge >= 0.3 is 0 Å². The Balaban J connectivity index is 2.78. The van der Waals surface area contributed by atoms with Gasteiger partial charge in [0.25, 0.3) is 0 Å². The zero-order valence-corrected chi connectivity index (χ0v) is 17.6. The number of phenolic OH excluding ortho intramolecular Hbond substituents is 2. The van der Waals surface area contributed by atoms with E-state index in [1.54, 1.807) is 0 Å². The van der Waals surface area contributed by atoms with E-state index in [4.69, 9.17) is 0 Å². The highest BCUT2D eigenvalue weighted by atomic mass is 16.3. The molecule has 0 aliphatic rings. The van der Waals surface area contributed by atoms with Crippen LogP contribution in [-0.2, 0) is 0 Å². The van der Waals surface area contributed by atoms with Gasteiger partial charge in [-0.1, -0.05) is 39.8 Å². The van der Waals surface area contributed by atoms with Crippen LogP contribution in [0.4, 0.5) is 0 Å². The fraction of sp³-hybridized carbons (Fsp3) is 0.500. The summed E-state index contributed by atoms with van der Waals surface area (Å²) in [5.41, 5.74) is 7.78. The van der Waals surface area contributed by atoms with Crippen molar-refractivity contribution in [1.29, 1.82) is 0 Å². The SMILES string of the molecule is CCC(C)c1cc(C)c(-c2c(C)cc(C(C)CC)c(C)c2O)c(O)c1C. The first-order valence-corrected chi connectivity index (χ1v) is 9.81. The first kappa shape index (κ1) is 20.4. The smallest absolute Gasteiger partial charge is 0.127 e. The van der Waals surface area contributed by atoms with Gasteiger partial charge in [-0.25, -0.2) is 0 Å². The molecule has 0 aromatic heterocycles. The van der Waals surface area contributed by atoms with E-state index in [1.165, 1.54) is 11.1 Å². The average molecular weight is 355 g/mol. The van der Waals surface area contributed by atoms with E-state index >= 15 is 0 Å². The maximum absolute atomic E-state index is 11.0. The molecule has 2 heteroatoms. The first-order chi connectivity index (χ1) is 12.1. The highest BCUT2D eigenvalue weighted by molar-refractivity contribution is 5.84. The van der Waals surface area contributed by atoms with Gasteiger partial charge in [-0.05, 0) is 85.8 Å². The van der Waals surface area contributed by atoms with Crippen LogP contribution in [0.25, 0.3) is 11.1 Å². The van der Waals surface area contributed by atoms with Crippen LogP contribution in [0.3, 0.4) is 0 Å². The molecule has 0 amide bonds. The van der Waals surface area contributed by atoms with Gasteiger partial charge < -0.3 is 10.2 Å². The van der Waals surface area contributed by atoms with Gasteiger partial charge in [0.05, 0.1) is 0 Å². The van der Waals surface area contributed by atoms with E-state index in [2.05, 4.69) is 39.8 Å². The third-order valence-electron chi connectivity index (χ3n) is 6.12. The molecule has 0 aliphatic carbocycles. The van der Waals surface area contributed by atoms with Crippen LogP contribution in [0.5, 0.6) is 11.5 Å². The van der Waals surface area contributed by atoms with Crippen molar-refractivity contribution < 1.29 is 10.2 Å². The summed E-state index contributed by atoms with van der Waals surface area (Å²) in [5.74, 6) is 1.40. The van der Waals surface area contributed by atoms with Gasteiger partial charge in [-0.2, -0.15) is 0 Å². The Morgan fingerprint density at radius 1 is 0.692 bits per heavy atom. The van der Waals surface area contributed by atoms with Gasteiger partial charge in [-0.3, -0.25) is 0 Å². The van der Waals surface area contributed by atoms with E-state index < -0.39 is 0 Å². The van der Waals surface area contributed by atoms with Crippen LogP contribution in [0.15, 0.2) is 12.1 Å². The van der Waals surface area contributed by atoms with Crippen molar-refractivity contribution in [3.05, 3.63) is 45.5 Å². The molecule has 0 spiro atoms. The standard InChI is InChI=1S/C24H34O2/c1-9-13(3)19-11-15(5)21(23(25)17(19)7)22-16(6)12-20(14(4)10-2)18(8)24(22)26/h11-14,25-26H,9-10H2,1-8H3. The normalized spacial score (nSPS) is 13.7. The minimum Gasteiger partial charge on any atom is -0.507 e. The molecular formula is C24H34O2. The second-order valence-electron chi connectivity index (χ2n) is 7.88. The zero-order valence-electron chi connectivity index (χ0n) is 17.6. The molecule has 0 saturated heterocycles. The Bertz CT molecular complexity index is 748. The van der Waals surface area contributed by atoms with Crippen molar-refractivity contribution in [2.24, 2.45) is 0 Å². The van der Waals surface area contributed by atoms with Crippen molar-refractivity contribution in [2.45, 2.75) is 80.1 Å². The molecule has 2 N–H and O–H groups in total. The lowest BCUT2D eigenvalue weighted by atomic mass is 9.83. The number of hydrogen-bond acceptors (Lipinski definition) is 2. The van der Waals surface area contributed by atoms with Crippen LogP contribution in [0.2, 0.25) is 0 Å². The van der Waals surface area contributed by atoms with E-state index in [0.717, 1.165) is 46.2 Å². The topological polar surface area (TPSA) is 40.5 Å². The summed E-state index contributed by atoms with van der Waals surface area (Å²) in [7, 11) is 0. The monoisotopic (exact) mass is 354 g/mol. The number of phenols is 2. The number of rotatable bonds is 5. The highest BCUT2D eigenvalue weighted by Crippen LogP contribution is 2.46. The Morgan fingerprint density at radius 3 is 1.27 bits per heavy atom. The molecular weight excluding hydrogens is 320 g/mol. The van der Waals surface area contributed by atoms with Crippen molar-refractivity contribution in [2.75, 3.05) is 0 Å². The van der Waals surface area contributed by atoms with Crippen molar-refractivity contribution in [1.82, 2.24) is 0 Å². The molecule has 142 valence electrons. The van der Waals surface area contributed by atoms with Crippen molar-refractivity contribution in [3.8, 4) is 22.6 Å². The molecule has 26 heavy (non-hydrogen) atoms. The molecule has 2 nitrogen and oxygen atoms in total. The third-order valence-corrected chi connectivity index (χ3v) is 6.12. The number of aromatic hydroxyl groups is 2. The van der Waals surface area contributed by atoms with Crippen LogP contribution in [0.1, 0.15) is 85.8 Å². The Hall–Kier alpha value is -1.96. The second-order valence-corrected chi connectivity index (χ2v) is 7.88. The summed E-state index contributed by atoms with van der Waals surface area (Å²) < 4.78 is 0. The number of hydrogen-bond donors (Lipinski definition) is 2. The van der Waals surface area contributed by atoms with E-state index in [-0.39, 0.29) is 0 Å². The predicted octanol–water partition coefficient (Wildman–Crippen LogP) is 7.03. The summed E-state index contributed by atoms with van der Waals surface area (Å²) >= 11 is 0. The number of aryl methyl sites for hydroxylation is 2. The lowest BCUT2D eigenvalue weighted by Gasteiger charge is -2.23. The molecule has 2 rings (SSSR count). The Labute approximate surface area is 158 Å². The minimum atomic E-state index is 0.300. The van der Waals surface area contributed by atoms with Crippen molar-refractivity contribution >= 4 is 0 Å². The van der Waals surface area contributed by atoms with Gasteiger partial charge in [0.1, 0.15) is 11.5 Å². The molecule has 2 atom stereocenters. The van der Waals surface area contributed by atoms with Gasteiger partial charge in [0.2, 0.25) is 0 Å². The molecule has 2 aromatic rings. The molecule has 0 fully saturated rings. The summed E-state index contributed by atoms with van der Waals surface area (Å²) in [5, 5.41) is 22.0. The predicted molar refractivity (Wildman–Crippen MR) is 112 cm³/mol. The van der Waals surface area contributed by atoms with E-state index in [9.17, 15) is 10.2 Å². The minimum absolute atomic E-state index is 0.300. The fourth-order valence-corrected chi connectivity index (χ4v) is 3.94. The highest BCUT2D eigenvalue weighted by Gasteiger charge is 2.23. The van der Waals surface area contributed by atoms with Crippen molar-refractivity contribution in [3.63, 3.8) is 0 Å². The number of benzene rings is 2. The van der Waals surface area contributed by atoms with Crippen LogP contribution >= 0.6 is 0 Å². The average Bonchev–Trinajstić information content (AvgIpc) is 2.62. The van der Waals surface area contributed by atoms with Crippen LogP contribution < -0.4 is 0 Å². The molecule has 0 radical (unpaired) electrons. The maximum Gasteiger partial charge on any atom is 0.127 e. The summed E-state index contributed by atoms with van der Waals surface area (Å²) in [6.07, 6.45) is 2.07. The van der Waals surface area contributed by atoms with E-state index in [0.29, 0.717) is 23.3 Å². The Kier molecular flexibility index (Phi) is 6.05.